The topological polar surface area (TPSA) is 46.3 Å². The van der Waals surface area contributed by atoms with Crippen molar-refractivity contribution in [1.82, 2.24) is 0 Å². The molecular formula is C17H17FN2O. The van der Waals surface area contributed by atoms with E-state index in [1.807, 2.05) is 19.1 Å². The summed E-state index contributed by atoms with van der Waals surface area (Å²) < 4.78 is 14.1. The Kier molecular flexibility index (Phi) is 3.16. The summed E-state index contributed by atoms with van der Waals surface area (Å²) >= 11 is 0. The van der Waals surface area contributed by atoms with E-state index in [0.717, 1.165) is 23.2 Å². The first kappa shape index (κ1) is 13.6. The Morgan fingerprint density at radius 3 is 2.76 bits per heavy atom. The van der Waals surface area contributed by atoms with Crippen LogP contribution in [0.3, 0.4) is 0 Å². The molecule has 0 aromatic heterocycles. The third kappa shape index (κ3) is 2.27. The number of aryl methyl sites for hydroxylation is 1. The summed E-state index contributed by atoms with van der Waals surface area (Å²) in [4.78, 5) is 14.3. The fourth-order valence-corrected chi connectivity index (χ4v) is 2.88. The van der Waals surface area contributed by atoms with Crippen molar-refractivity contribution in [2.75, 3.05) is 10.6 Å². The molecule has 0 spiro atoms. The molecule has 1 aliphatic rings. The molecule has 2 N–H and O–H groups in total. The van der Waals surface area contributed by atoms with E-state index >= 15 is 0 Å². The highest BCUT2D eigenvalue weighted by molar-refractivity contribution is 6.08. The Morgan fingerprint density at radius 2 is 2.05 bits per heavy atom. The number of halogens is 1. The van der Waals surface area contributed by atoms with Crippen molar-refractivity contribution in [2.45, 2.75) is 26.3 Å². The molecule has 0 bridgehead atoms. The van der Waals surface area contributed by atoms with Crippen molar-refractivity contribution in [3.8, 4) is 0 Å². The fraction of sp³-hybridized carbons (Fsp3) is 0.235. The molecule has 3 nitrogen and oxygen atoms in total. The highest BCUT2D eigenvalue weighted by Gasteiger charge is 2.32. The highest BCUT2D eigenvalue weighted by Crippen LogP contribution is 2.34. The molecule has 0 fully saturated rings. The number of nitrogens with two attached hydrogens (primary N) is 1. The van der Waals surface area contributed by atoms with Crippen LogP contribution < -0.4 is 10.6 Å². The van der Waals surface area contributed by atoms with Crippen LogP contribution in [0.25, 0.3) is 0 Å². The van der Waals surface area contributed by atoms with Gasteiger partial charge in [-0.2, -0.15) is 0 Å². The number of anilines is 2. The molecule has 1 unspecified atom stereocenters. The smallest absolute Gasteiger partial charge is 0.261 e. The minimum absolute atomic E-state index is 0.00463. The molecule has 21 heavy (non-hydrogen) atoms. The molecule has 4 heteroatoms. The van der Waals surface area contributed by atoms with Gasteiger partial charge >= 0.3 is 0 Å². The van der Waals surface area contributed by atoms with Gasteiger partial charge in [-0.25, -0.2) is 4.39 Å². The second-order valence-electron chi connectivity index (χ2n) is 5.60. The van der Waals surface area contributed by atoms with Gasteiger partial charge in [-0.05, 0) is 61.7 Å². The van der Waals surface area contributed by atoms with Crippen LogP contribution in [0.4, 0.5) is 15.8 Å². The maximum Gasteiger partial charge on any atom is 0.261 e. The number of hydrogen-bond donors (Lipinski definition) is 1. The van der Waals surface area contributed by atoms with Crippen molar-refractivity contribution in [1.29, 1.82) is 0 Å². The first-order valence-electron chi connectivity index (χ1n) is 6.95. The van der Waals surface area contributed by atoms with Crippen LogP contribution in [0.2, 0.25) is 0 Å². The molecule has 2 aromatic carbocycles. The maximum absolute atomic E-state index is 14.1. The lowest BCUT2D eigenvalue weighted by Crippen LogP contribution is -2.36. The second-order valence-corrected chi connectivity index (χ2v) is 5.60. The van der Waals surface area contributed by atoms with Gasteiger partial charge in [-0.1, -0.05) is 6.07 Å². The molecule has 0 saturated heterocycles. The van der Waals surface area contributed by atoms with E-state index in [9.17, 15) is 9.18 Å². The average Bonchev–Trinajstić information content (AvgIpc) is 2.73. The lowest BCUT2D eigenvalue weighted by Gasteiger charge is -2.23. The first-order valence-corrected chi connectivity index (χ1v) is 6.95. The van der Waals surface area contributed by atoms with E-state index in [4.69, 9.17) is 5.73 Å². The van der Waals surface area contributed by atoms with Gasteiger partial charge < -0.3 is 10.6 Å². The summed E-state index contributed by atoms with van der Waals surface area (Å²) in [6.45, 7) is 3.76. The quantitative estimate of drug-likeness (QED) is 0.817. The molecule has 3 rings (SSSR count). The van der Waals surface area contributed by atoms with E-state index in [1.165, 1.54) is 6.07 Å². The zero-order valence-corrected chi connectivity index (χ0v) is 12.1. The van der Waals surface area contributed by atoms with Gasteiger partial charge in [0.05, 0.1) is 5.56 Å². The average molecular weight is 284 g/mol. The SMILES string of the molecule is Cc1ccc(C(=O)N2c3ccc(N)cc3CC2C)c(F)c1. The van der Waals surface area contributed by atoms with Crippen molar-refractivity contribution in [3.05, 3.63) is 58.9 Å². The van der Waals surface area contributed by atoms with Crippen LogP contribution in [0.5, 0.6) is 0 Å². The predicted octanol–water partition coefficient (Wildman–Crippen LogP) is 3.31. The molecule has 0 radical (unpaired) electrons. The van der Waals surface area contributed by atoms with E-state index in [0.29, 0.717) is 5.69 Å². The molecule has 1 atom stereocenters. The predicted molar refractivity (Wildman–Crippen MR) is 82.0 cm³/mol. The van der Waals surface area contributed by atoms with Gasteiger partial charge in [0.15, 0.2) is 0 Å². The minimum atomic E-state index is -0.476. The Balaban J connectivity index is 2.03. The number of nitrogens with zero attached hydrogens (tertiary/aromatic N) is 1. The van der Waals surface area contributed by atoms with Gasteiger partial charge in [0.1, 0.15) is 5.82 Å². The Bertz CT molecular complexity index is 727. The number of benzene rings is 2. The van der Waals surface area contributed by atoms with Gasteiger partial charge in [0, 0.05) is 17.4 Å². The van der Waals surface area contributed by atoms with E-state index in [1.54, 1.807) is 30.0 Å². The fourth-order valence-electron chi connectivity index (χ4n) is 2.88. The van der Waals surface area contributed by atoms with Crippen molar-refractivity contribution in [2.24, 2.45) is 0 Å². The first-order chi connectivity index (χ1) is 9.97. The van der Waals surface area contributed by atoms with Crippen molar-refractivity contribution in [3.63, 3.8) is 0 Å². The van der Waals surface area contributed by atoms with Gasteiger partial charge in [0.25, 0.3) is 5.91 Å². The number of amides is 1. The molecule has 0 aliphatic carbocycles. The summed E-state index contributed by atoms with van der Waals surface area (Å²) in [6.07, 6.45) is 0.736. The zero-order chi connectivity index (χ0) is 15.1. The Morgan fingerprint density at radius 1 is 1.29 bits per heavy atom. The molecule has 2 aromatic rings. The van der Waals surface area contributed by atoms with Crippen LogP contribution in [0.15, 0.2) is 36.4 Å². The van der Waals surface area contributed by atoms with E-state index in [-0.39, 0.29) is 17.5 Å². The summed E-state index contributed by atoms with van der Waals surface area (Å²) in [7, 11) is 0. The van der Waals surface area contributed by atoms with Crippen LogP contribution in [0.1, 0.15) is 28.4 Å². The molecular weight excluding hydrogens is 267 g/mol. The summed E-state index contributed by atoms with van der Waals surface area (Å²) in [5.74, 6) is -0.778. The maximum atomic E-state index is 14.1. The van der Waals surface area contributed by atoms with Gasteiger partial charge in [-0.15, -0.1) is 0 Å². The lowest BCUT2D eigenvalue weighted by molar-refractivity contribution is 0.0977. The van der Waals surface area contributed by atoms with Crippen molar-refractivity contribution >= 4 is 17.3 Å². The number of carbonyl (C=O) groups excluding carboxylic acids is 1. The van der Waals surface area contributed by atoms with Crippen LogP contribution >= 0.6 is 0 Å². The number of carbonyl (C=O) groups is 1. The summed E-state index contributed by atoms with van der Waals surface area (Å²) in [6, 6.07) is 10.2. The Labute approximate surface area is 123 Å². The second kappa shape index (κ2) is 4.88. The van der Waals surface area contributed by atoms with Gasteiger partial charge in [-0.3, -0.25) is 4.79 Å². The number of rotatable bonds is 1. The molecule has 1 aliphatic heterocycles. The van der Waals surface area contributed by atoms with Crippen LogP contribution in [0, 0.1) is 12.7 Å². The highest BCUT2D eigenvalue weighted by atomic mass is 19.1. The normalized spacial score (nSPS) is 16.9. The van der Waals surface area contributed by atoms with Crippen LogP contribution in [-0.2, 0) is 6.42 Å². The molecule has 1 amide bonds. The van der Waals surface area contributed by atoms with Crippen LogP contribution in [-0.4, -0.2) is 11.9 Å². The lowest BCUT2D eigenvalue weighted by atomic mass is 10.1. The minimum Gasteiger partial charge on any atom is -0.399 e. The summed E-state index contributed by atoms with van der Waals surface area (Å²) in [5.41, 5.74) is 9.22. The Hall–Kier alpha value is -2.36. The zero-order valence-electron chi connectivity index (χ0n) is 12.1. The number of nitrogen functional groups attached to an aromatic ring is 1. The number of hydrogen-bond acceptors (Lipinski definition) is 2. The largest absolute Gasteiger partial charge is 0.399 e. The molecule has 0 saturated carbocycles. The standard InChI is InChI=1S/C17H17FN2O/c1-10-3-5-14(15(18)7-10)17(21)20-11(2)8-12-9-13(19)4-6-16(12)20/h3-7,9,11H,8,19H2,1-2H3. The monoisotopic (exact) mass is 284 g/mol. The molecule has 1 heterocycles. The molecule has 108 valence electrons. The van der Waals surface area contributed by atoms with Crippen molar-refractivity contribution < 1.29 is 9.18 Å². The third-order valence-corrected chi connectivity index (χ3v) is 3.89. The third-order valence-electron chi connectivity index (χ3n) is 3.89. The number of fused-ring (bicyclic) bond motifs is 1. The van der Waals surface area contributed by atoms with E-state index < -0.39 is 5.82 Å². The van der Waals surface area contributed by atoms with Gasteiger partial charge in [0.2, 0.25) is 0 Å². The summed E-state index contributed by atoms with van der Waals surface area (Å²) in [5, 5.41) is 0. The van der Waals surface area contributed by atoms with E-state index in [2.05, 4.69) is 0 Å².